The van der Waals surface area contributed by atoms with Crippen molar-refractivity contribution in [3.63, 3.8) is 0 Å². The summed E-state index contributed by atoms with van der Waals surface area (Å²) in [5.41, 5.74) is 2.11. The molecule has 0 aliphatic carbocycles. The van der Waals surface area contributed by atoms with Gasteiger partial charge in [0.2, 0.25) is 0 Å². The molecule has 2 aromatic rings. The van der Waals surface area contributed by atoms with Gasteiger partial charge in [0.25, 0.3) is 0 Å². The lowest BCUT2D eigenvalue weighted by Gasteiger charge is -2.27. The molecule has 1 aromatic carbocycles. The SMILES string of the molecule is ClCc1nc2ccc(Br)cc2n1C[C@@H]1CCO1. The second-order valence-corrected chi connectivity index (χ2v) is 5.37. The van der Waals surface area contributed by atoms with E-state index in [4.69, 9.17) is 16.3 Å². The van der Waals surface area contributed by atoms with E-state index in [-0.39, 0.29) is 0 Å². The van der Waals surface area contributed by atoms with Crippen LogP contribution in [0.3, 0.4) is 0 Å². The van der Waals surface area contributed by atoms with Crippen LogP contribution in [-0.2, 0) is 17.2 Å². The quantitative estimate of drug-likeness (QED) is 0.812. The summed E-state index contributed by atoms with van der Waals surface area (Å²) < 4.78 is 8.70. The summed E-state index contributed by atoms with van der Waals surface area (Å²) in [7, 11) is 0. The van der Waals surface area contributed by atoms with Gasteiger partial charge in [0.15, 0.2) is 0 Å². The molecule has 0 radical (unpaired) electrons. The topological polar surface area (TPSA) is 27.1 Å². The molecule has 1 fully saturated rings. The highest BCUT2D eigenvalue weighted by Gasteiger charge is 2.21. The van der Waals surface area contributed by atoms with Crippen LogP contribution in [-0.4, -0.2) is 22.3 Å². The van der Waals surface area contributed by atoms with Crippen molar-refractivity contribution in [1.29, 1.82) is 0 Å². The van der Waals surface area contributed by atoms with Crippen molar-refractivity contribution < 1.29 is 4.74 Å². The molecule has 3 nitrogen and oxygen atoms in total. The summed E-state index contributed by atoms with van der Waals surface area (Å²) >= 11 is 9.44. The maximum Gasteiger partial charge on any atom is 0.124 e. The zero-order valence-corrected chi connectivity index (χ0v) is 11.5. The molecular weight excluding hydrogens is 304 g/mol. The first kappa shape index (κ1) is 11.5. The van der Waals surface area contributed by atoms with Gasteiger partial charge in [-0.1, -0.05) is 15.9 Å². The smallest absolute Gasteiger partial charge is 0.124 e. The van der Waals surface area contributed by atoms with E-state index in [9.17, 15) is 0 Å². The number of nitrogens with zero attached hydrogens (tertiary/aromatic N) is 2. The van der Waals surface area contributed by atoms with Crippen LogP contribution >= 0.6 is 27.5 Å². The third-order valence-electron chi connectivity index (χ3n) is 3.09. The molecule has 2 heterocycles. The van der Waals surface area contributed by atoms with E-state index >= 15 is 0 Å². The summed E-state index contributed by atoms with van der Waals surface area (Å²) in [6.07, 6.45) is 1.43. The van der Waals surface area contributed by atoms with Crippen molar-refractivity contribution in [2.75, 3.05) is 6.61 Å². The molecule has 0 unspecified atom stereocenters. The molecule has 17 heavy (non-hydrogen) atoms. The minimum atomic E-state index is 0.313. The Labute approximate surface area is 113 Å². The minimum Gasteiger partial charge on any atom is -0.376 e. The van der Waals surface area contributed by atoms with Gasteiger partial charge in [0, 0.05) is 11.1 Å². The fourth-order valence-electron chi connectivity index (χ4n) is 2.08. The van der Waals surface area contributed by atoms with E-state index in [1.165, 1.54) is 0 Å². The van der Waals surface area contributed by atoms with Crippen molar-refractivity contribution in [1.82, 2.24) is 9.55 Å². The van der Waals surface area contributed by atoms with Crippen LogP contribution in [0.2, 0.25) is 0 Å². The molecule has 0 spiro atoms. The molecular formula is C12H12BrClN2O. The number of hydrogen-bond donors (Lipinski definition) is 0. The number of benzene rings is 1. The van der Waals surface area contributed by atoms with E-state index in [0.717, 1.165) is 40.9 Å². The second kappa shape index (κ2) is 4.59. The van der Waals surface area contributed by atoms with Crippen molar-refractivity contribution in [3.05, 3.63) is 28.5 Å². The number of ether oxygens (including phenoxy) is 1. The number of alkyl halides is 1. The minimum absolute atomic E-state index is 0.313. The van der Waals surface area contributed by atoms with Gasteiger partial charge in [-0.25, -0.2) is 4.98 Å². The van der Waals surface area contributed by atoms with E-state index < -0.39 is 0 Å². The number of rotatable bonds is 3. The van der Waals surface area contributed by atoms with Gasteiger partial charge < -0.3 is 9.30 Å². The molecule has 0 bridgehead atoms. The van der Waals surface area contributed by atoms with E-state index in [1.807, 2.05) is 12.1 Å². The Morgan fingerprint density at radius 2 is 2.35 bits per heavy atom. The fourth-order valence-corrected chi connectivity index (χ4v) is 2.64. The molecule has 1 aromatic heterocycles. The molecule has 90 valence electrons. The normalized spacial score (nSPS) is 19.5. The predicted octanol–water partition coefficient (Wildman–Crippen LogP) is 3.33. The lowest BCUT2D eigenvalue weighted by Crippen LogP contribution is -2.31. The zero-order chi connectivity index (χ0) is 11.8. The van der Waals surface area contributed by atoms with Crippen molar-refractivity contribution >= 4 is 38.6 Å². The van der Waals surface area contributed by atoms with Crippen molar-refractivity contribution in [2.24, 2.45) is 0 Å². The summed E-state index contributed by atoms with van der Waals surface area (Å²) in [5, 5.41) is 0. The molecule has 0 amide bonds. The van der Waals surface area contributed by atoms with Crippen LogP contribution in [0.15, 0.2) is 22.7 Å². The Morgan fingerprint density at radius 3 is 3.00 bits per heavy atom. The van der Waals surface area contributed by atoms with Crippen LogP contribution < -0.4 is 0 Å². The molecule has 1 aliphatic rings. The zero-order valence-electron chi connectivity index (χ0n) is 9.20. The number of hydrogen-bond acceptors (Lipinski definition) is 2. The molecule has 1 saturated heterocycles. The number of halogens is 2. The van der Waals surface area contributed by atoms with Crippen LogP contribution in [0.1, 0.15) is 12.2 Å². The first-order valence-electron chi connectivity index (χ1n) is 5.60. The van der Waals surface area contributed by atoms with Gasteiger partial charge in [-0.2, -0.15) is 0 Å². The molecule has 1 aliphatic heterocycles. The maximum atomic E-state index is 5.95. The standard InChI is InChI=1S/C12H12BrClN2O/c13-8-1-2-10-11(5-8)16(12(6-14)15-10)7-9-3-4-17-9/h1-2,5,9H,3-4,6-7H2/t9-/m0/s1. The summed E-state index contributed by atoms with van der Waals surface area (Å²) in [6, 6.07) is 6.09. The van der Waals surface area contributed by atoms with Crippen molar-refractivity contribution in [2.45, 2.75) is 24.9 Å². The lowest BCUT2D eigenvalue weighted by molar-refractivity contribution is -0.0589. The summed E-state index contributed by atoms with van der Waals surface area (Å²) in [4.78, 5) is 4.54. The van der Waals surface area contributed by atoms with E-state index in [1.54, 1.807) is 0 Å². The highest BCUT2D eigenvalue weighted by atomic mass is 79.9. The Kier molecular flexibility index (Phi) is 3.11. The largest absolute Gasteiger partial charge is 0.376 e. The third kappa shape index (κ3) is 2.09. The summed E-state index contributed by atoms with van der Waals surface area (Å²) in [5.74, 6) is 1.34. The molecule has 3 rings (SSSR count). The van der Waals surface area contributed by atoms with Gasteiger partial charge in [0.05, 0.1) is 29.6 Å². The van der Waals surface area contributed by atoms with Crippen LogP contribution in [0, 0.1) is 0 Å². The van der Waals surface area contributed by atoms with E-state index in [0.29, 0.717) is 12.0 Å². The number of imidazole rings is 1. The van der Waals surface area contributed by atoms with Crippen molar-refractivity contribution in [3.8, 4) is 0 Å². The van der Waals surface area contributed by atoms with Gasteiger partial charge in [-0.15, -0.1) is 11.6 Å². The van der Waals surface area contributed by atoms with Gasteiger partial charge >= 0.3 is 0 Å². The van der Waals surface area contributed by atoms with E-state index in [2.05, 4.69) is 31.5 Å². The molecule has 0 saturated carbocycles. The Morgan fingerprint density at radius 1 is 1.53 bits per heavy atom. The van der Waals surface area contributed by atoms with Crippen LogP contribution in [0.5, 0.6) is 0 Å². The second-order valence-electron chi connectivity index (χ2n) is 4.19. The Hall–Kier alpha value is -0.580. The Bertz CT molecular complexity index is 551. The third-order valence-corrected chi connectivity index (χ3v) is 3.82. The first-order chi connectivity index (χ1) is 8.28. The highest BCUT2D eigenvalue weighted by Crippen LogP contribution is 2.24. The van der Waals surface area contributed by atoms with Gasteiger partial charge in [0.1, 0.15) is 5.82 Å². The highest BCUT2D eigenvalue weighted by molar-refractivity contribution is 9.10. The molecule has 1 atom stereocenters. The van der Waals surface area contributed by atoms with Crippen LogP contribution in [0.4, 0.5) is 0 Å². The Balaban J connectivity index is 2.07. The average Bonchev–Trinajstić information content (AvgIpc) is 2.61. The average molecular weight is 316 g/mol. The predicted molar refractivity (Wildman–Crippen MR) is 71.3 cm³/mol. The van der Waals surface area contributed by atoms with Crippen LogP contribution in [0.25, 0.3) is 11.0 Å². The lowest BCUT2D eigenvalue weighted by atomic mass is 10.2. The number of aromatic nitrogens is 2. The monoisotopic (exact) mass is 314 g/mol. The first-order valence-corrected chi connectivity index (χ1v) is 6.93. The maximum absolute atomic E-state index is 5.95. The summed E-state index contributed by atoms with van der Waals surface area (Å²) in [6.45, 7) is 1.71. The van der Waals surface area contributed by atoms with Gasteiger partial charge in [-0.3, -0.25) is 0 Å². The number of fused-ring (bicyclic) bond motifs is 1. The molecule has 5 heteroatoms. The molecule has 0 N–H and O–H groups in total. The fraction of sp³-hybridized carbons (Fsp3) is 0.417. The van der Waals surface area contributed by atoms with Gasteiger partial charge in [-0.05, 0) is 24.6 Å².